The van der Waals surface area contributed by atoms with Gasteiger partial charge in [0.05, 0.1) is 6.61 Å². The molecule has 1 N–H and O–H groups in total. The number of nitrogens with zero attached hydrogens (tertiary/aromatic N) is 2. The number of hydrogen-bond acceptors (Lipinski definition) is 4. The van der Waals surface area contributed by atoms with Crippen molar-refractivity contribution in [2.45, 2.75) is 6.42 Å². The molecule has 1 aromatic heterocycles. The zero-order valence-electron chi connectivity index (χ0n) is 7.74. The van der Waals surface area contributed by atoms with Gasteiger partial charge in [-0.05, 0) is 13.0 Å². The molecular weight excluding hydrogens is 202 g/mol. The minimum Gasteiger partial charge on any atom is -0.477 e. The van der Waals surface area contributed by atoms with Crippen LogP contribution in [0.15, 0.2) is 12.4 Å². The van der Waals surface area contributed by atoms with Crippen LogP contribution in [0.5, 0.6) is 5.88 Å². The van der Waals surface area contributed by atoms with E-state index in [4.69, 9.17) is 16.3 Å². The summed E-state index contributed by atoms with van der Waals surface area (Å²) in [6, 6.07) is 1.63. The monoisotopic (exact) mass is 213 g/mol. The molecule has 0 aromatic carbocycles. The van der Waals surface area contributed by atoms with Crippen LogP contribution in [0.2, 0.25) is 5.15 Å². The Morgan fingerprint density at radius 1 is 1.57 bits per heavy atom. The first-order valence-electron chi connectivity index (χ1n) is 4.65. The van der Waals surface area contributed by atoms with E-state index in [-0.39, 0.29) is 0 Å². The number of rotatable bonds is 3. The number of nitrogens with one attached hydrogen (secondary N) is 1. The van der Waals surface area contributed by atoms with Gasteiger partial charge in [-0.2, -0.15) is 0 Å². The molecule has 0 spiro atoms. The molecule has 0 aliphatic carbocycles. The predicted octanol–water partition coefficient (Wildman–Crippen LogP) is 1.12. The van der Waals surface area contributed by atoms with Crippen molar-refractivity contribution in [1.82, 2.24) is 15.3 Å². The minimum absolute atomic E-state index is 0.416. The summed E-state index contributed by atoms with van der Waals surface area (Å²) in [5, 5.41) is 3.70. The Hall–Kier alpha value is -0.870. The molecule has 1 aliphatic heterocycles. The lowest BCUT2D eigenvalue weighted by atomic mass is 10.1. The van der Waals surface area contributed by atoms with Crippen molar-refractivity contribution in [3.8, 4) is 5.88 Å². The number of ether oxygens (including phenoxy) is 1. The zero-order chi connectivity index (χ0) is 9.80. The maximum absolute atomic E-state index is 5.70. The van der Waals surface area contributed by atoms with Crippen LogP contribution >= 0.6 is 11.6 Å². The minimum atomic E-state index is 0.416. The average molecular weight is 214 g/mol. The van der Waals surface area contributed by atoms with Gasteiger partial charge in [-0.15, -0.1) is 0 Å². The highest BCUT2D eigenvalue weighted by molar-refractivity contribution is 6.29. The summed E-state index contributed by atoms with van der Waals surface area (Å²) in [6.07, 6.45) is 2.57. The van der Waals surface area contributed by atoms with E-state index in [9.17, 15) is 0 Å². The molecular formula is C9H12ClN3O. The fourth-order valence-corrected chi connectivity index (χ4v) is 1.59. The summed E-state index contributed by atoms with van der Waals surface area (Å²) in [6.45, 7) is 2.80. The Balaban J connectivity index is 1.85. The van der Waals surface area contributed by atoms with Crippen molar-refractivity contribution >= 4 is 11.6 Å². The first kappa shape index (κ1) is 9.68. The summed E-state index contributed by atoms with van der Waals surface area (Å²) < 4.78 is 5.50. The van der Waals surface area contributed by atoms with Crippen molar-refractivity contribution in [3.05, 3.63) is 17.5 Å². The fourth-order valence-electron chi connectivity index (χ4n) is 1.46. The largest absolute Gasteiger partial charge is 0.477 e. The molecule has 0 amide bonds. The summed E-state index contributed by atoms with van der Waals surface area (Å²) in [7, 11) is 0. The molecule has 1 saturated heterocycles. The lowest BCUT2D eigenvalue weighted by Crippen LogP contribution is -2.15. The van der Waals surface area contributed by atoms with Crippen molar-refractivity contribution in [1.29, 1.82) is 0 Å². The third-order valence-electron chi connectivity index (χ3n) is 2.24. The molecule has 0 radical (unpaired) electrons. The van der Waals surface area contributed by atoms with Gasteiger partial charge in [0.15, 0.2) is 0 Å². The summed E-state index contributed by atoms with van der Waals surface area (Å²) in [5.74, 6) is 1.14. The lowest BCUT2D eigenvalue weighted by Gasteiger charge is -2.09. The van der Waals surface area contributed by atoms with E-state index < -0.39 is 0 Å². The Morgan fingerprint density at radius 3 is 3.21 bits per heavy atom. The van der Waals surface area contributed by atoms with Crippen LogP contribution in [0.3, 0.4) is 0 Å². The predicted molar refractivity (Wildman–Crippen MR) is 53.5 cm³/mol. The van der Waals surface area contributed by atoms with Crippen LogP contribution in [0.4, 0.5) is 0 Å². The normalized spacial score (nSPS) is 21.1. The maximum atomic E-state index is 5.70. The Morgan fingerprint density at radius 2 is 2.50 bits per heavy atom. The maximum Gasteiger partial charge on any atom is 0.217 e. The highest BCUT2D eigenvalue weighted by atomic mass is 35.5. The third-order valence-corrected chi connectivity index (χ3v) is 2.44. The average Bonchev–Trinajstić information content (AvgIpc) is 2.67. The molecule has 1 atom stereocenters. The van der Waals surface area contributed by atoms with Crippen LogP contribution < -0.4 is 10.1 Å². The summed E-state index contributed by atoms with van der Waals surface area (Å²) in [4.78, 5) is 7.74. The summed E-state index contributed by atoms with van der Waals surface area (Å²) >= 11 is 5.70. The molecule has 4 nitrogen and oxygen atoms in total. The third kappa shape index (κ3) is 2.56. The van der Waals surface area contributed by atoms with Crippen LogP contribution in [0.1, 0.15) is 6.42 Å². The van der Waals surface area contributed by atoms with E-state index in [1.807, 2.05) is 0 Å². The molecule has 1 aromatic rings. The van der Waals surface area contributed by atoms with E-state index in [1.54, 1.807) is 6.07 Å². The van der Waals surface area contributed by atoms with Gasteiger partial charge in [-0.3, -0.25) is 0 Å². The SMILES string of the molecule is Clc1cc(OCC2CCNC2)ncn1. The van der Waals surface area contributed by atoms with E-state index in [1.165, 1.54) is 12.7 Å². The van der Waals surface area contributed by atoms with Crippen LogP contribution in [-0.2, 0) is 0 Å². The standard InChI is InChI=1S/C9H12ClN3O/c10-8-3-9(13-6-12-8)14-5-7-1-2-11-4-7/h3,6-7,11H,1-2,4-5H2. The summed E-state index contributed by atoms with van der Waals surface area (Å²) in [5.41, 5.74) is 0. The first-order chi connectivity index (χ1) is 6.84. The molecule has 5 heteroatoms. The molecule has 2 heterocycles. The number of aromatic nitrogens is 2. The molecule has 76 valence electrons. The Bertz CT molecular complexity index is 302. The van der Waals surface area contributed by atoms with Crippen LogP contribution in [-0.4, -0.2) is 29.7 Å². The van der Waals surface area contributed by atoms with Crippen molar-refractivity contribution in [2.24, 2.45) is 5.92 Å². The van der Waals surface area contributed by atoms with Crippen molar-refractivity contribution < 1.29 is 4.74 Å². The Kier molecular flexibility index (Phi) is 3.16. The number of hydrogen-bond donors (Lipinski definition) is 1. The van der Waals surface area contributed by atoms with Gasteiger partial charge in [0.25, 0.3) is 0 Å². The molecule has 14 heavy (non-hydrogen) atoms. The fraction of sp³-hybridized carbons (Fsp3) is 0.556. The highest BCUT2D eigenvalue weighted by Gasteiger charge is 2.15. The van der Waals surface area contributed by atoms with Gasteiger partial charge in [-0.1, -0.05) is 11.6 Å². The highest BCUT2D eigenvalue weighted by Crippen LogP contribution is 2.14. The van der Waals surface area contributed by atoms with Crippen LogP contribution in [0.25, 0.3) is 0 Å². The second-order valence-electron chi connectivity index (χ2n) is 3.35. The molecule has 2 rings (SSSR count). The lowest BCUT2D eigenvalue weighted by molar-refractivity contribution is 0.250. The van der Waals surface area contributed by atoms with Crippen molar-refractivity contribution in [3.63, 3.8) is 0 Å². The second kappa shape index (κ2) is 4.57. The molecule has 0 bridgehead atoms. The zero-order valence-corrected chi connectivity index (χ0v) is 8.50. The molecule has 1 aliphatic rings. The van der Waals surface area contributed by atoms with Gasteiger partial charge in [0.1, 0.15) is 11.5 Å². The van der Waals surface area contributed by atoms with E-state index >= 15 is 0 Å². The molecule has 1 unspecified atom stereocenters. The molecule has 0 saturated carbocycles. The second-order valence-corrected chi connectivity index (χ2v) is 3.74. The van der Waals surface area contributed by atoms with Gasteiger partial charge in [0.2, 0.25) is 5.88 Å². The quantitative estimate of drug-likeness (QED) is 0.765. The van der Waals surface area contributed by atoms with E-state index in [2.05, 4.69) is 15.3 Å². The molecule has 1 fully saturated rings. The van der Waals surface area contributed by atoms with Gasteiger partial charge in [-0.25, -0.2) is 9.97 Å². The number of halogens is 1. The smallest absolute Gasteiger partial charge is 0.217 e. The van der Waals surface area contributed by atoms with E-state index in [0.29, 0.717) is 23.6 Å². The Labute approximate surface area is 87.7 Å². The first-order valence-corrected chi connectivity index (χ1v) is 5.03. The van der Waals surface area contributed by atoms with E-state index in [0.717, 1.165) is 13.1 Å². The van der Waals surface area contributed by atoms with Gasteiger partial charge >= 0.3 is 0 Å². The van der Waals surface area contributed by atoms with Gasteiger partial charge < -0.3 is 10.1 Å². The van der Waals surface area contributed by atoms with Crippen LogP contribution in [0, 0.1) is 5.92 Å². The van der Waals surface area contributed by atoms with Crippen molar-refractivity contribution in [2.75, 3.05) is 19.7 Å². The van der Waals surface area contributed by atoms with Gasteiger partial charge in [0, 0.05) is 18.5 Å². The topological polar surface area (TPSA) is 47.0 Å².